The number of nitrogens with zero attached hydrogens (tertiary/aromatic N) is 1. The average molecular weight is 419 g/mol. The Morgan fingerprint density at radius 2 is 1.68 bits per heavy atom. The Bertz CT molecular complexity index is 1290. The molecule has 0 aliphatic heterocycles. The van der Waals surface area contributed by atoms with E-state index in [-0.39, 0.29) is 12.4 Å². The third-order valence-electron chi connectivity index (χ3n) is 5.57. The summed E-state index contributed by atoms with van der Waals surface area (Å²) in [7, 11) is 3.21. The number of methoxy groups -OCH3 is 2. The summed E-state index contributed by atoms with van der Waals surface area (Å²) in [5.41, 5.74) is 3.12. The van der Waals surface area contributed by atoms with E-state index < -0.39 is 5.97 Å². The Kier molecular flexibility index (Phi) is 5.46. The highest BCUT2D eigenvalue weighted by molar-refractivity contribution is 6.16. The molecule has 160 valence electrons. The molecule has 0 bridgehead atoms. The predicted molar refractivity (Wildman–Crippen MR) is 120 cm³/mol. The number of hydrogen-bond donors (Lipinski definition) is 1. The highest BCUT2D eigenvalue weighted by Crippen LogP contribution is 2.38. The van der Waals surface area contributed by atoms with Crippen LogP contribution >= 0.6 is 0 Å². The van der Waals surface area contributed by atoms with Gasteiger partial charge >= 0.3 is 5.97 Å². The Hall–Kier alpha value is -3.67. The van der Waals surface area contributed by atoms with Gasteiger partial charge in [0.1, 0.15) is 5.75 Å². The van der Waals surface area contributed by atoms with Crippen molar-refractivity contribution in [3.05, 3.63) is 65.4 Å². The molecule has 31 heavy (non-hydrogen) atoms. The number of aromatic nitrogens is 1. The Balaban J connectivity index is 1.99. The minimum atomic E-state index is -0.397. The van der Waals surface area contributed by atoms with E-state index in [2.05, 4.69) is 4.57 Å². The standard InChI is InChI=1S/C25H25NO5/c1-5-31-25(28)23-15(2)26(14-16-10-11-21(29-3)22(12-16)30-4)24-18-9-7-6-8-17(18)20(27)13-19(23)24/h6-13,27H,5,14H2,1-4H3. The molecule has 0 unspecified atom stereocenters. The lowest BCUT2D eigenvalue weighted by atomic mass is 10.0. The number of benzene rings is 3. The molecule has 0 spiro atoms. The maximum Gasteiger partial charge on any atom is 0.340 e. The quantitative estimate of drug-likeness (QED) is 0.443. The molecule has 0 atom stereocenters. The van der Waals surface area contributed by atoms with Crippen molar-refractivity contribution < 1.29 is 24.1 Å². The van der Waals surface area contributed by atoms with Crippen LogP contribution in [0.2, 0.25) is 0 Å². The second-order valence-electron chi connectivity index (χ2n) is 7.29. The molecule has 0 saturated carbocycles. The third kappa shape index (κ3) is 3.44. The van der Waals surface area contributed by atoms with Crippen LogP contribution in [0.3, 0.4) is 0 Å². The van der Waals surface area contributed by atoms with Crippen molar-refractivity contribution in [3.63, 3.8) is 0 Å². The number of phenolic OH excluding ortho intramolecular Hbond substituents is 1. The van der Waals surface area contributed by atoms with Crippen LogP contribution in [0.4, 0.5) is 0 Å². The lowest BCUT2D eigenvalue weighted by Gasteiger charge is -2.13. The first-order chi connectivity index (χ1) is 15.0. The van der Waals surface area contributed by atoms with Crippen LogP contribution in [0.1, 0.15) is 28.5 Å². The minimum Gasteiger partial charge on any atom is -0.507 e. The van der Waals surface area contributed by atoms with Crippen molar-refractivity contribution in [3.8, 4) is 17.2 Å². The van der Waals surface area contributed by atoms with Gasteiger partial charge in [-0.15, -0.1) is 0 Å². The van der Waals surface area contributed by atoms with E-state index in [0.717, 1.165) is 27.5 Å². The van der Waals surface area contributed by atoms with Gasteiger partial charge in [0.25, 0.3) is 0 Å². The number of esters is 1. The van der Waals surface area contributed by atoms with Crippen molar-refractivity contribution in [1.82, 2.24) is 4.57 Å². The van der Waals surface area contributed by atoms with E-state index in [1.807, 2.05) is 49.4 Å². The highest BCUT2D eigenvalue weighted by atomic mass is 16.5. The van der Waals surface area contributed by atoms with Gasteiger partial charge in [-0.3, -0.25) is 0 Å². The molecule has 3 aromatic carbocycles. The van der Waals surface area contributed by atoms with Crippen molar-refractivity contribution >= 4 is 27.6 Å². The van der Waals surface area contributed by atoms with Crippen molar-refractivity contribution in [1.29, 1.82) is 0 Å². The van der Waals surface area contributed by atoms with E-state index in [4.69, 9.17) is 14.2 Å². The summed E-state index contributed by atoms with van der Waals surface area (Å²) in [6, 6.07) is 15.1. The second kappa shape index (κ2) is 8.22. The topological polar surface area (TPSA) is 69.9 Å². The summed E-state index contributed by atoms with van der Waals surface area (Å²) in [6.45, 7) is 4.47. The van der Waals surface area contributed by atoms with Gasteiger partial charge in [-0.05, 0) is 37.6 Å². The number of ether oxygens (including phenoxy) is 3. The summed E-state index contributed by atoms with van der Waals surface area (Å²) in [5, 5.41) is 12.9. The SMILES string of the molecule is CCOC(=O)c1c(C)n(Cc2ccc(OC)c(OC)c2)c2c1cc(O)c1ccccc12. The van der Waals surface area contributed by atoms with Gasteiger partial charge in [-0.1, -0.05) is 30.3 Å². The van der Waals surface area contributed by atoms with E-state index in [1.165, 1.54) is 0 Å². The number of fused-ring (bicyclic) bond motifs is 3. The molecule has 1 heterocycles. The lowest BCUT2D eigenvalue weighted by molar-refractivity contribution is 0.0527. The largest absolute Gasteiger partial charge is 0.507 e. The molecule has 1 N–H and O–H groups in total. The van der Waals surface area contributed by atoms with Gasteiger partial charge in [-0.2, -0.15) is 0 Å². The van der Waals surface area contributed by atoms with Gasteiger partial charge in [-0.25, -0.2) is 4.79 Å². The van der Waals surface area contributed by atoms with Crippen LogP contribution in [0.5, 0.6) is 17.2 Å². The summed E-state index contributed by atoms with van der Waals surface area (Å²) in [4.78, 5) is 12.8. The monoisotopic (exact) mass is 419 g/mol. The molecule has 0 saturated heterocycles. The molecule has 4 rings (SSSR count). The molecule has 6 nitrogen and oxygen atoms in total. The second-order valence-corrected chi connectivity index (χ2v) is 7.29. The van der Waals surface area contributed by atoms with Gasteiger partial charge in [0, 0.05) is 28.4 Å². The zero-order chi connectivity index (χ0) is 22.1. The number of hydrogen-bond acceptors (Lipinski definition) is 5. The molecule has 0 amide bonds. The van der Waals surface area contributed by atoms with E-state index in [0.29, 0.717) is 29.0 Å². The highest BCUT2D eigenvalue weighted by Gasteiger charge is 2.24. The van der Waals surface area contributed by atoms with Crippen LogP contribution in [-0.4, -0.2) is 36.5 Å². The predicted octanol–water partition coefficient (Wildman–Crippen LogP) is 5.05. The molecule has 0 radical (unpaired) electrons. The number of carbonyl (C=O) groups is 1. The summed E-state index contributed by atoms with van der Waals surface area (Å²) < 4.78 is 18.2. The molecule has 0 aliphatic rings. The number of rotatable bonds is 6. The zero-order valence-corrected chi connectivity index (χ0v) is 18.1. The van der Waals surface area contributed by atoms with Crippen molar-refractivity contribution in [2.45, 2.75) is 20.4 Å². The van der Waals surface area contributed by atoms with Crippen molar-refractivity contribution in [2.75, 3.05) is 20.8 Å². The normalized spacial score (nSPS) is 11.1. The zero-order valence-electron chi connectivity index (χ0n) is 18.1. The van der Waals surface area contributed by atoms with E-state index in [9.17, 15) is 9.90 Å². The van der Waals surface area contributed by atoms with Crippen LogP contribution in [0, 0.1) is 6.92 Å². The molecule has 0 aliphatic carbocycles. The van der Waals surface area contributed by atoms with Crippen molar-refractivity contribution in [2.24, 2.45) is 0 Å². The van der Waals surface area contributed by atoms with E-state index in [1.54, 1.807) is 27.2 Å². The first-order valence-electron chi connectivity index (χ1n) is 10.1. The lowest BCUT2D eigenvalue weighted by Crippen LogP contribution is -2.08. The maximum absolute atomic E-state index is 12.8. The molecular weight excluding hydrogens is 394 g/mol. The van der Waals surface area contributed by atoms with Crippen LogP contribution in [0.15, 0.2) is 48.5 Å². The fourth-order valence-electron chi connectivity index (χ4n) is 4.14. The summed E-state index contributed by atoms with van der Waals surface area (Å²) in [6.07, 6.45) is 0. The number of carbonyl (C=O) groups excluding carboxylic acids is 1. The Labute approximate surface area is 180 Å². The maximum atomic E-state index is 12.8. The average Bonchev–Trinajstić information content (AvgIpc) is 3.05. The molecule has 4 aromatic rings. The van der Waals surface area contributed by atoms with Gasteiger partial charge in [0.2, 0.25) is 0 Å². The number of aromatic hydroxyl groups is 1. The molecular formula is C25H25NO5. The molecule has 1 aromatic heterocycles. The van der Waals surface area contributed by atoms with Gasteiger partial charge in [0.15, 0.2) is 11.5 Å². The number of phenols is 1. The minimum absolute atomic E-state index is 0.136. The fourth-order valence-corrected chi connectivity index (χ4v) is 4.14. The van der Waals surface area contributed by atoms with Crippen LogP contribution in [0.25, 0.3) is 21.7 Å². The Morgan fingerprint density at radius 3 is 2.35 bits per heavy atom. The Morgan fingerprint density at radius 1 is 0.968 bits per heavy atom. The summed E-state index contributed by atoms with van der Waals surface area (Å²) >= 11 is 0. The van der Waals surface area contributed by atoms with Crippen LogP contribution < -0.4 is 9.47 Å². The first-order valence-corrected chi connectivity index (χ1v) is 10.1. The molecule has 0 fully saturated rings. The third-order valence-corrected chi connectivity index (χ3v) is 5.57. The fraction of sp³-hybridized carbons (Fsp3) is 0.240. The van der Waals surface area contributed by atoms with Gasteiger partial charge < -0.3 is 23.9 Å². The van der Waals surface area contributed by atoms with Crippen LogP contribution in [-0.2, 0) is 11.3 Å². The smallest absolute Gasteiger partial charge is 0.340 e. The van der Waals surface area contributed by atoms with Gasteiger partial charge in [0.05, 0.1) is 31.9 Å². The molecule has 6 heteroatoms. The summed E-state index contributed by atoms with van der Waals surface area (Å²) in [5.74, 6) is 1.04. The van der Waals surface area contributed by atoms with E-state index >= 15 is 0 Å². The first kappa shape index (κ1) is 20.6.